The number of halogens is 3. The van der Waals surface area contributed by atoms with Gasteiger partial charge in [-0.15, -0.1) is 0 Å². The van der Waals surface area contributed by atoms with Gasteiger partial charge < -0.3 is 9.64 Å². The van der Waals surface area contributed by atoms with E-state index in [2.05, 4.69) is 17.0 Å². The smallest absolute Gasteiger partial charge is 0.308 e. The quantitative estimate of drug-likeness (QED) is 0.484. The third kappa shape index (κ3) is 5.38. The Labute approximate surface area is 200 Å². The molecule has 2 aliphatic heterocycles. The van der Waals surface area contributed by atoms with Crippen LogP contribution in [0.4, 0.5) is 10.1 Å². The highest BCUT2D eigenvalue weighted by Crippen LogP contribution is 2.44. The van der Waals surface area contributed by atoms with E-state index in [-0.39, 0.29) is 25.0 Å². The van der Waals surface area contributed by atoms with Gasteiger partial charge in [0.2, 0.25) is 0 Å². The number of carbonyl (C=O) groups is 1. The standard InChI is InChI=1S/C23H25Cl2FN2O2.C2H6/c1-30-22(29)17-9-11-27(12-10-17)13-16-5-7-18(8-6-16)28-14-23(26,15-28)21-19(24)3-2-4-20(21)25;1-2/h2-8,17H,9-15H2,1H3;1-2H3. The number of esters is 1. The van der Waals surface area contributed by atoms with Gasteiger partial charge in [0, 0.05) is 27.8 Å². The van der Waals surface area contributed by atoms with Crippen LogP contribution in [0.1, 0.15) is 37.8 Å². The predicted molar refractivity (Wildman–Crippen MR) is 129 cm³/mol. The summed E-state index contributed by atoms with van der Waals surface area (Å²) in [6.45, 7) is 7.08. The Balaban J connectivity index is 0.00000141. The Bertz CT molecular complexity index is 888. The molecule has 2 aromatic carbocycles. The molecular formula is C25H31Cl2FN2O2. The molecule has 0 bridgehead atoms. The molecule has 0 atom stereocenters. The number of hydrogen-bond acceptors (Lipinski definition) is 4. The highest BCUT2D eigenvalue weighted by molar-refractivity contribution is 6.36. The van der Waals surface area contributed by atoms with Gasteiger partial charge >= 0.3 is 5.97 Å². The van der Waals surface area contributed by atoms with Crippen molar-refractivity contribution in [1.29, 1.82) is 0 Å². The van der Waals surface area contributed by atoms with Crippen LogP contribution in [0.5, 0.6) is 0 Å². The second kappa shape index (κ2) is 10.9. The van der Waals surface area contributed by atoms with E-state index < -0.39 is 5.67 Å². The molecule has 174 valence electrons. The summed E-state index contributed by atoms with van der Waals surface area (Å²) in [7, 11) is 1.45. The van der Waals surface area contributed by atoms with E-state index in [1.165, 1.54) is 12.7 Å². The number of methoxy groups -OCH3 is 1. The number of alkyl halides is 1. The van der Waals surface area contributed by atoms with Crippen LogP contribution in [-0.2, 0) is 21.7 Å². The Kier molecular flexibility index (Phi) is 8.43. The fourth-order valence-electron chi connectivity index (χ4n) is 4.39. The number of carbonyl (C=O) groups excluding carboxylic acids is 1. The van der Waals surface area contributed by atoms with Crippen molar-refractivity contribution < 1.29 is 13.9 Å². The Morgan fingerprint density at radius 1 is 1.06 bits per heavy atom. The maximum atomic E-state index is 15.3. The molecule has 0 aromatic heterocycles. The molecule has 2 aromatic rings. The first-order valence-electron chi connectivity index (χ1n) is 11.2. The number of piperidine rings is 1. The summed E-state index contributed by atoms with van der Waals surface area (Å²) in [5.74, 6) is -0.0804. The van der Waals surface area contributed by atoms with Crippen molar-refractivity contribution in [3.63, 3.8) is 0 Å². The molecule has 0 amide bonds. The summed E-state index contributed by atoms with van der Waals surface area (Å²) in [6, 6.07) is 13.3. The van der Waals surface area contributed by atoms with E-state index in [1.54, 1.807) is 18.2 Å². The van der Waals surface area contributed by atoms with Crippen LogP contribution >= 0.6 is 23.2 Å². The molecule has 2 fully saturated rings. The number of benzene rings is 2. The Hall–Kier alpha value is -1.82. The molecule has 0 saturated carbocycles. The highest BCUT2D eigenvalue weighted by atomic mass is 35.5. The Morgan fingerprint density at radius 2 is 1.62 bits per heavy atom. The van der Waals surface area contributed by atoms with Gasteiger partial charge in [0.25, 0.3) is 0 Å². The van der Waals surface area contributed by atoms with Crippen LogP contribution < -0.4 is 4.90 Å². The maximum absolute atomic E-state index is 15.3. The summed E-state index contributed by atoms with van der Waals surface area (Å²) in [5, 5.41) is 0.743. The van der Waals surface area contributed by atoms with Crippen molar-refractivity contribution in [2.24, 2.45) is 5.92 Å². The maximum Gasteiger partial charge on any atom is 0.308 e. The average molecular weight is 481 g/mol. The van der Waals surface area contributed by atoms with Gasteiger partial charge in [-0.3, -0.25) is 9.69 Å². The largest absolute Gasteiger partial charge is 0.469 e. The van der Waals surface area contributed by atoms with Gasteiger partial charge in [-0.2, -0.15) is 0 Å². The SMILES string of the molecule is CC.COC(=O)C1CCN(Cc2ccc(N3CC(F)(c4c(Cl)cccc4Cl)C3)cc2)CC1. The van der Waals surface area contributed by atoms with E-state index in [0.717, 1.165) is 38.2 Å². The molecule has 2 aliphatic rings. The number of nitrogens with zero attached hydrogens (tertiary/aromatic N) is 2. The number of hydrogen-bond donors (Lipinski definition) is 0. The molecule has 7 heteroatoms. The van der Waals surface area contributed by atoms with Crippen molar-refractivity contribution in [3.8, 4) is 0 Å². The van der Waals surface area contributed by atoms with E-state index in [1.807, 2.05) is 30.9 Å². The molecule has 2 heterocycles. The lowest BCUT2D eigenvalue weighted by Gasteiger charge is -2.46. The van der Waals surface area contributed by atoms with Crippen LogP contribution in [0.25, 0.3) is 0 Å². The average Bonchev–Trinajstić information content (AvgIpc) is 2.79. The van der Waals surface area contributed by atoms with Crippen molar-refractivity contribution >= 4 is 34.9 Å². The molecule has 0 spiro atoms. The number of rotatable bonds is 5. The van der Waals surface area contributed by atoms with Gasteiger partial charge in [0.1, 0.15) is 0 Å². The van der Waals surface area contributed by atoms with Crippen molar-refractivity contribution in [3.05, 3.63) is 63.6 Å². The highest BCUT2D eigenvalue weighted by Gasteiger charge is 2.47. The zero-order chi connectivity index (χ0) is 23.3. The fourth-order valence-corrected chi connectivity index (χ4v) is 5.13. The first-order chi connectivity index (χ1) is 15.4. The lowest BCUT2D eigenvalue weighted by atomic mass is 9.87. The van der Waals surface area contributed by atoms with Crippen molar-refractivity contribution in [1.82, 2.24) is 4.90 Å². The first-order valence-corrected chi connectivity index (χ1v) is 11.9. The minimum atomic E-state index is -1.53. The first kappa shape index (κ1) is 24.8. The third-order valence-corrected chi connectivity index (χ3v) is 6.75. The van der Waals surface area contributed by atoms with E-state index in [4.69, 9.17) is 27.9 Å². The molecule has 4 nitrogen and oxygen atoms in total. The number of likely N-dealkylation sites (tertiary alicyclic amines) is 1. The molecule has 4 rings (SSSR count). The lowest BCUT2D eigenvalue weighted by molar-refractivity contribution is -0.147. The van der Waals surface area contributed by atoms with Gasteiger partial charge in [-0.05, 0) is 55.8 Å². The summed E-state index contributed by atoms with van der Waals surface area (Å²) < 4.78 is 20.2. The zero-order valence-electron chi connectivity index (χ0n) is 18.9. The molecule has 0 aliphatic carbocycles. The van der Waals surface area contributed by atoms with Crippen LogP contribution in [0, 0.1) is 5.92 Å². The number of anilines is 1. The summed E-state index contributed by atoms with van der Waals surface area (Å²) in [6.07, 6.45) is 1.67. The minimum absolute atomic E-state index is 0.0210. The van der Waals surface area contributed by atoms with Gasteiger partial charge in [0.15, 0.2) is 5.67 Å². The van der Waals surface area contributed by atoms with Gasteiger partial charge in [-0.25, -0.2) is 4.39 Å². The number of ether oxygens (including phenoxy) is 1. The predicted octanol–water partition coefficient (Wildman–Crippen LogP) is 6.09. The van der Waals surface area contributed by atoms with Crippen LogP contribution in [0.2, 0.25) is 10.0 Å². The van der Waals surface area contributed by atoms with Crippen LogP contribution in [0.15, 0.2) is 42.5 Å². The third-order valence-electron chi connectivity index (χ3n) is 6.12. The van der Waals surface area contributed by atoms with Gasteiger partial charge in [-0.1, -0.05) is 55.2 Å². The normalized spacial score (nSPS) is 18.4. The van der Waals surface area contributed by atoms with Gasteiger partial charge in [0.05, 0.1) is 26.1 Å². The molecular weight excluding hydrogens is 450 g/mol. The lowest BCUT2D eigenvalue weighted by Crippen LogP contribution is -2.57. The van der Waals surface area contributed by atoms with E-state index in [0.29, 0.717) is 15.6 Å². The second-order valence-corrected chi connectivity index (χ2v) is 8.97. The summed E-state index contributed by atoms with van der Waals surface area (Å²) in [4.78, 5) is 16.0. The molecule has 0 N–H and O–H groups in total. The van der Waals surface area contributed by atoms with Crippen molar-refractivity contribution in [2.45, 2.75) is 38.9 Å². The molecule has 32 heavy (non-hydrogen) atoms. The fraction of sp³-hybridized carbons (Fsp3) is 0.480. The summed E-state index contributed by atoms with van der Waals surface area (Å²) in [5.41, 5.74) is 1.05. The van der Waals surface area contributed by atoms with E-state index in [9.17, 15) is 4.79 Å². The van der Waals surface area contributed by atoms with E-state index >= 15 is 4.39 Å². The Morgan fingerprint density at radius 3 is 2.16 bits per heavy atom. The summed E-state index contributed by atoms with van der Waals surface area (Å²) >= 11 is 12.4. The van der Waals surface area contributed by atoms with Crippen LogP contribution in [0.3, 0.4) is 0 Å². The monoisotopic (exact) mass is 480 g/mol. The topological polar surface area (TPSA) is 32.8 Å². The second-order valence-electron chi connectivity index (χ2n) is 8.16. The molecule has 0 unspecified atom stereocenters. The zero-order valence-corrected chi connectivity index (χ0v) is 20.4. The minimum Gasteiger partial charge on any atom is -0.469 e. The van der Waals surface area contributed by atoms with Crippen molar-refractivity contribution in [2.75, 3.05) is 38.2 Å². The molecule has 2 saturated heterocycles. The van der Waals surface area contributed by atoms with Crippen LogP contribution in [-0.4, -0.2) is 44.2 Å². The molecule has 0 radical (unpaired) electrons.